The van der Waals surface area contributed by atoms with Crippen LogP contribution in [0.4, 0.5) is 5.69 Å². The second kappa shape index (κ2) is 11.3. The summed E-state index contributed by atoms with van der Waals surface area (Å²) < 4.78 is 0. The van der Waals surface area contributed by atoms with E-state index in [9.17, 15) is 9.59 Å². The van der Waals surface area contributed by atoms with Crippen molar-refractivity contribution in [1.29, 1.82) is 0 Å². The number of aromatic nitrogens is 1. The van der Waals surface area contributed by atoms with Crippen LogP contribution < -0.4 is 10.6 Å². The van der Waals surface area contributed by atoms with Crippen LogP contribution >= 0.6 is 0 Å². The van der Waals surface area contributed by atoms with E-state index in [0.29, 0.717) is 11.7 Å². The molecular formula is C25H39N3O2. The van der Waals surface area contributed by atoms with Crippen LogP contribution in [-0.4, -0.2) is 37.2 Å². The molecule has 0 saturated heterocycles. The second-order valence-electron chi connectivity index (χ2n) is 8.87. The third-order valence-corrected chi connectivity index (χ3v) is 6.06. The lowest BCUT2D eigenvalue weighted by molar-refractivity contribution is -0.111. The van der Waals surface area contributed by atoms with Crippen LogP contribution in [0.25, 0.3) is 10.9 Å². The molecule has 2 rings (SSSR count). The van der Waals surface area contributed by atoms with Gasteiger partial charge in [0.25, 0.3) is 0 Å². The van der Waals surface area contributed by atoms with Gasteiger partial charge in [0, 0.05) is 28.0 Å². The summed E-state index contributed by atoms with van der Waals surface area (Å²) in [5.74, 6) is 0. The van der Waals surface area contributed by atoms with Gasteiger partial charge in [0.15, 0.2) is 6.29 Å². The van der Waals surface area contributed by atoms with Gasteiger partial charge in [-0.05, 0) is 76.4 Å². The Kier molecular flexibility index (Phi) is 9.09. The Labute approximate surface area is 181 Å². The Balaban J connectivity index is 2.52. The Bertz CT molecular complexity index is 839. The summed E-state index contributed by atoms with van der Waals surface area (Å²) >= 11 is 0. The minimum Gasteiger partial charge on any atom is -0.382 e. The van der Waals surface area contributed by atoms with E-state index in [-0.39, 0.29) is 0 Å². The van der Waals surface area contributed by atoms with Crippen molar-refractivity contribution in [2.75, 3.05) is 18.9 Å². The first-order valence-corrected chi connectivity index (χ1v) is 11.4. The SMILES string of the molecule is CCCCCCc1c(C=O)[nH]c2cc(C(C)(C)C=O)c(NC(CC)CCNC)cc12. The Hall–Kier alpha value is -2.14. The van der Waals surface area contributed by atoms with E-state index in [1.54, 1.807) is 0 Å². The highest BCUT2D eigenvalue weighted by molar-refractivity contribution is 5.96. The summed E-state index contributed by atoms with van der Waals surface area (Å²) in [6.45, 7) is 9.19. The van der Waals surface area contributed by atoms with E-state index in [0.717, 1.165) is 72.5 Å². The van der Waals surface area contributed by atoms with E-state index < -0.39 is 5.41 Å². The number of benzene rings is 1. The summed E-state index contributed by atoms with van der Waals surface area (Å²) in [5.41, 5.74) is 4.03. The van der Waals surface area contributed by atoms with E-state index >= 15 is 0 Å². The molecule has 1 atom stereocenters. The third kappa shape index (κ3) is 5.72. The van der Waals surface area contributed by atoms with Crippen molar-refractivity contribution < 1.29 is 9.59 Å². The van der Waals surface area contributed by atoms with Crippen LogP contribution in [0.3, 0.4) is 0 Å². The van der Waals surface area contributed by atoms with Crippen molar-refractivity contribution in [2.45, 2.75) is 84.1 Å². The lowest BCUT2D eigenvalue weighted by atomic mass is 9.84. The minimum atomic E-state index is -0.619. The molecule has 0 aliphatic heterocycles. The van der Waals surface area contributed by atoms with Gasteiger partial charge in [0.05, 0.1) is 5.69 Å². The van der Waals surface area contributed by atoms with E-state index in [4.69, 9.17) is 0 Å². The van der Waals surface area contributed by atoms with Gasteiger partial charge in [0.2, 0.25) is 0 Å². The van der Waals surface area contributed by atoms with Gasteiger partial charge >= 0.3 is 0 Å². The number of hydrogen-bond acceptors (Lipinski definition) is 4. The lowest BCUT2D eigenvalue weighted by Crippen LogP contribution is -2.27. The van der Waals surface area contributed by atoms with Crippen LogP contribution in [0.1, 0.15) is 87.8 Å². The van der Waals surface area contributed by atoms with Crippen molar-refractivity contribution in [3.8, 4) is 0 Å². The predicted octanol–water partition coefficient (Wildman–Crippen LogP) is 5.38. The molecule has 30 heavy (non-hydrogen) atoms. The fraction of sp³-hybridized carbons (Fsp3) is 0.600. The van der Waals surface area contributed by atoms with E-state index in [1.165, 1.54) is 19.3 Å². The zero-order valence-electron chi connectivity index (χ0n) is 19.4. The van der Waals surface area contributed by atoms with Crippen molar-refractivity contribution in [2.24, 2.45) is 0 Å². The molecule has 5 nitrogen and oxygen atoms in total. The minimum absolute atomic E-state index is 0.314. The predicted molar refractivity (Wildman–Crippen MR) is 127 cm³/mol. The van der Waals surface area contributed by atoms with Gasteiger partial charge < -0.3 is 20.4 Å². The number of carbonyl (C=O) groups is 2. The molecule has 1 aromatic carbocycles. The normalized spacial score (nSPS) is 12.8. The van der Waals surface area contributed by atoms with Crippen LogP contribution in [0.5, 0.6) is 0 Å². The smallest absolute Gasteiger partial charge is 0.166 e. The molecule has 3 N–H and O–H groups in total. The number of unbranched alkanes of at least 4 members (excludes halogenated alkanes) is 3. The van der Waals surface area contributed by atoms with Crippen LogP contribution in [-0.2, 0) is 16.6 Å². The number of anilines is 1. The van der Waals surface area contributed by atoms with E-state index in [1.807, 2.05) is 20.9 Å². The summed E-state index contributed by atoms with van der Waals surface area (Å²) in [4.78, 5) is 26.9. The molecule has 0 amide bonds. The molecule has 1 heterocycles. The number of H-pyrrole nitrogens is 1. The molecule has 166 valence electrons. The molecule has 0 spiro atoms. The number of fused-ring (bicyclic) bond motifs is 1. The topological polar surface area (TPSA) is 74.0 Å². The number of nitrogens with one attached hydrogen (secondary N) is 3. The molecule has 0 bridgehead atoms. The van der Waals surface area contributed by atoms with Crippen LogP contribution in [0, 0.1) is 0 Å². The largest absolute Gasteiger partial charge is 0.382 e. The van der Waals surface area contributed by atoms with Crippen molar-refractivity contribution in [3.63, 3.8) is 0 Å². The quantitative estimate of drug-likeness (QED) is 0.287. The molecule has 0 saturated carbocycles. The fourth-order valence-electron chi connectivity index (χ4n) is 4.05. The molecule has 5 heteroatoms. The number of aryl methyl sites for hydroxylation is 1. The van der Waals surface area contributed by atoms with Gasteiger partial charge in [-0.2, -0.15) is 0 Å². The number of aromatic amines is 1. The van der Waals surface area contributed by atoms with Gasteiger partial charge in [-0.1, -0.05) is 33.1 Å². The fourth-order valence-corrected chi connectivity index (χ4v) is 4.05. The van der Waals surface area contributed by atoms with Crippen LogP contribution in [0.15, 0.2) is 12.1 Å². The summed E-state index contributed by atoms with van der Waals surface area (Å²) in [6, 6.07) is 4.52. The molecule has 0 radical (unpaired) electrons. The standard InChI is InChI=1S/C25H39N3O2/c1-6-8-9-10-11-19-20-14-23(27-18(7-2)12-13-26-5)21(25(3,4)17-30)15-22(20)28-24(19)16-29/h14-18,26-28H,6-13H2,1-5H3. The number of carbonyl (C=O) groups excluding carboxylic acids is 2. The Morgan fingerprint density at radius 1 is 1.13 bits per heavy atom. The molecular weight excluding hydrogens is 374 g/mol. The average Bonchev–Trinajstić information content (AvgIpc) is 3.10. The summed E-state index contributed by atoms with van der Waals surface area (Å²) in [6.07, 6.45) is 9.47. The molecule has 0 aliphatic carbocycles. The van der Waals surface area contributed by atoms with Crippen molar-refractivity contribution >= 4 is 29.2 Å². The average molecular weight is 414 g/mol. The third-order valence-electron chi connectivity index (χ3n) is 6.06. The van der Waals surface area contributed by atoms with Gasteiger partial charge in [-0.3, -0.25) is 4.79 Å². The van der Waals surface area contributed by atoms with E-state index in [2.05, 4.69) is 41.6 Å². The summed E-state index contributed by atoms with van der Waals surface area (Å²) in [7, 11) is 1.96. The molecule has 0 fully saturated rings. The first-order valence-electron chi connectivity index (χ1n) is 11.4. The maximum Gasteiger partial charge on any atom is 0.166 e. The monoisotopic (exact) mass is 413 g/mol. The lowest BCUT2D eigenvalue weighted by Gasteiger charge is -2.26. The highest BCUT2D eigenvalue weighted by atomic mass is 16.1. The number of aldehydes is 2. The van der Waals surface area contributed by atoms with Gasteiger partial charge in [-0.25, -0.2) is 0 Å². The number of rotatable bonds is 14. The molecule has 1 aromatic heterocycles. The first-order chi connectivity index (χ1) is 14.4. The van der Waals surface area contributed by atoms with Gasteiger partial charge in [-0.15, -0.1) is 0 Å². The zero-order chi connectivity index (χ0) is 22.1. The summed E-state index contributed by atoms with van der Waals surface area (Å²) in [5, 5.41) is 8.00. The van der Waals surface area contributed by atoms with Crippen molar-refractivity contribution in [1.82, 2.24) is 10.3 Å². The highest BCUT2D eigenvalue weighted by Crippen LogP contribution is 2.36. The van der Waals surface area contributed by atoms with Crippen LogP contribution in [0.2, 0.25) is 0 Å². The number of hydrogen-bond donors (Lipinski definition) is 3. The Morgan fingerprint density at radius 2 is 1.90 bits per heavy atom. The Morgan fingerprint density at radius 3 is 2.50 bits per heavy atom. The van der Waals surface area contributed by atoms with Crippen molar-refractivity contribution in [3.05, 3.63) is 29.0 Å². The first kappa shape index (κ1) is 24.1. The molecule has 0 aliphatic rings. The zero-order valence-corrected chi connectivity index (χ0v) is 19.4. The maximum absolute atomic E-state index is 11.9. The molecule has 1 unspecified atom stereocenters. The maximum atomic E-state index is 11.9. The van der Waals surface area contributed by atoms with Gasteiger partial charge in [0.1, 0.15) is 6.29 Å². The molecule has 2 aromatic rings. The second-order valence-corrected chi connectivity index (χ2v) is 8.87. The highest BCUT2D eigenvalue weighted by Gasteiger charge is 2.26.